The van der Waals surface area contributed by atoms with Crippen LogP contribution >= 0.6 is 11.8 Å². The second-order valence-corrected chi connectivity index (χ2v) is 7.75. The number of aryl methyl sites for hydroxylation is 1. The first kappa shape index (κ1) is 20.8. The molecule has 1 aromatic heterocycles. The van der Waals surface area contributed by atoms with Crippen molar-refractivity contribution in [2.75, 3.05) is 17.9 Å². The monoisotopic (exact) mass is 438 g/mol. The molecule has 1 N–H and O–H groups in total. The van der Waals surface area contributed by atoms with Gasteiger partial charge in [0.15, 0.2) is 22.5 Å². The summed E-state index contributed by atoms with van der Waals surface area (Å²) in [5, 5.41) is 11.9. The number of nitrogens with zero attached hydrogens (tertiary/aromatic N) is 3. The molecule has 0 radical (unpaired) electrons. The number of thioether (sulfide) groups is 1. The van der Waals surface area contributed by atoms with Crippen LogP contribution in [-0.2, 0) is 17.9 Å². The van der Waals surface area contributed by atoms with Crippen LogP contribution < -0.4 is 19.5 Å². The third-order valence-electron chi connectivity index (χ3n) is 4.48. The summed E-state index contributed by atoms with van der Waals surface area (Å²) in [7, 11) is 0. The summed E-state index contributed by atoms with van der Waals surface area (Å²) in [5.74, 6) is 2.74. The summed E-state index contributed by atoms with van der Waals surface area (Å²) in [5.41, 5.74) is 1.81. The van der Waals surface area contributed by atoms with E-state index in [2.05, 4.69) is 22.1 Å². The zero-order valence-electron chi connectivity index (χ0n) is 17.0. The molecule has 31 heavy (non-hydrogen) atoms. The maximum absolute atomic E-state index is 12.4. The van der Waals surface area contributed by atoms with E-state index in [0.717, 1.165) is 5.75 Å². The molecule has 0 unspecified atom stereocenters. The first-order valence-electron chi connectivity index (χ1n) is 9.67. The fourth-order valence-electron chi connectivity index (χ4n) is 2.93. The first-order chi connectivity index (χ1) is 15.1. The molecule has 0 aliphatic carbocycles. The van der Waals surface area contributed by atoms with Gasteiger partial charge >= 0.3 is 0 Å². The molecule has 4 rings (SSSR count). The van der Waals surface area contributed by atoms with Gasteiger partial charge in [0.05, 0.1) is 5.75 Å². The van der Waals surface area contributed by atoms with E-state index in [9.17, 15) is 4.79 Å². The summed E-state index contributed by atoms with van der Waals surface area (Å²) in [6, 6.07) is 13.1. The van der Waals surface area contributed by atoms with Crippen molar-refractivity contribution in [2.45, 2.75) is 25.2 Å². The summed E-state index contributed by atoms with van der Waals surface area (Å²) >= 11 is 1.30. The lowest BCUT2D eigenvalue weighted by molar-refractivity contribution is -0.113. The largest absolute Gasteiger partial charge is 0.486 e. The maximum Gasteiger partial charge on any atom is 0.234 e. The highest BCUT2D eigenvalue weighted by Crippen LogP contribution is 2.34. The van der Waals surface area contributed by atoms with Gasteiger partial charge in [-0.1, -0.05) is 35.5 Å². The number of amides is 1. The van der Waals surface area contributed by atoms with Crippen molar-refractivity contribution in [1.29, 1.82) is 0 Å². The molecule has 9 heteroatoms. The van der Waals surface area contributed by atoms with E-state index in [-0.39, 0.29) is 25.1 Å². The van der Waals surface area contributed by atoms with Crippen molar-refractivity contribution in [2.24, 2.45) is 0 Å². The number of aromatic nitrogens is 3. The fraction of sp³-hybridized carbons (Fsp3) is 0.227. The minimum atomic E-state index is -0.158. The molecular weight excluding hydrogens is 416 g/mol. The first-order valence-corrected chi connectivity index (χ1v) is 10.7. The summed E-state index contributed by atoms with van der Waals surface area (Å²) in [6.45, 7) is 6.81. The number of nitrogens with one attached hydrogen (secondary N) is 1. The molecule has 3 aromatic rings. The number of anilines is 1. The Morgan fingerprint density at radius 1 is 1.23 bits per heavy atom. The van der Waals surface area contributed by atoms with Crippen LogP contribution in [0.5, 0.6) is 17.2 Å². The van der Waals surface area contributed by atoms with Crippen LogP contribution in [0.15, 0.2) is 60.3 Å². The van der Waals surface area contributed by atoms with E-state index < -0.39 is 0 Å². The van der Waals surface area contributed by atoms with Crippen molar-refractivity contribution >= 4 is 23.4 Å². The van der Waals surface area contributed by atoms with Crippen molar-refractivity contribution in [1.82, 2.24) is 14.8 Å². The van der Waals surface area contributed by atoms with Crippen LogP contribution in [0.3, 0.4) is 0 Å². The van der Waals surface area contributed by atoms with Gasteiger partial charge in [-0.25, -0.2) is 0 Å². The maximum atomic E-state index is 12.4. The van der Waals surface area contributed by atoms with E-state index in [4.69, 9.17) is 14.2 Å². The van der Waals surface area contributed by atoms with Gasteiger partial charge in [0.2, 0.25) is 12.7 Å². The second kappa shape index (κ2) is 9.57. The molecule has 0 spiro atoms. The van der Waals surface area contributed by atoms with Gasteiger partial charge in [-0.05, 0) is 31.2 Å². The molecule has 0 fully saturated rings. The molecule has 0 atom stereocenters. The standard InChI is InChI=1S/C22H22N4O4S/c1-3-10-26-20(12-28-17-7-4-15(2)5-8-17)24-25-22(26)31-13-21(27)23-16-6-9-18-19(11-16)30-14-29-18/h3-9,11H,1,10,12-14H2,2H3,(H,23,27). The Hall–Kier alpha value is -3.46. The van der Waals surface area contributed by atoms with Crippen LogP contribution in [0.1, 0.15) is 11.4 Å². The quantitative estimate of drug-likeness (QED) is 0.401. The Morgan fingerprint density at radius 2 is 2.03 bits per heavy atom. The fourth-order valence-corrected chi connectivity index (χ4v) is 3.70. The topological polar surface area (TPSA) is 87.5 Å². The number of carbonyl (C=O) groups excluding carboxylic acids is 1. The minimum absolute atomic E-state index is 0.158. The summed E-state index contributed by atoms with van der Waals surface area (Å²) in [6.07, 6.45) is 1.76. The van der Waals surface area contributed by atoms with Gasteiger partial charge < -0.3 is 19.5 Å². The van der Waals surface area contributed by atoms with E-state index in [0.29, 0.717) is 34.7 Å². The number of benzene rings is 2. The van der Waals surface area contributed by atoms with Crippen molar-refractivity contribution in [3.05, 3.63) is 66.5 Å². The average molecular weight is 439 g/mol. The van der Waals surface area contributed by atoms with Crippen LogP contribution in [0.2, 0.25) is 0 Å². The molecule has 1 amide bonds. The zero-order chi connectivity index (χ0) is 21.6. The van der Waals surface area contributed by atoms with Crippen LogP contribution in [0, 0.1) is 6.92 Å². The van der Waals surface area contributed by atoms with Gasteiger partial charge in [-0.3, -0.25) is 9.36 Å². The van der Waals surface area contributed by atoms with Crippen molar-refractivity contribution in [3.63, 3.8) is 0 Å². The minimum Gasteiger partial charge on any atom is -0.486 e. The Balaban J connectivity index is 1.35. The number of hydrogen-bond donors (Lipinski definition) is 1. The molecule has 0 saturated carbocycles. The van der Waals surface area contributed by atoms with Gasteiger partial charge in [0.1, 0.15) is 12.4 Å². The zero-order valence-corrected chi connectivity index (χ0v) is 17.9. The molecule has 0 bridgehead atoms. The molecule has 8 nitrogen and oxygen atoms in total. The molecule has 160 valence electrons. The highest BCUT2D eigenvalue weighted by molar-refractivity contribution is 7.99. The predicted octanol–water partition coefficient (Wildman–Crippen LogP) is 3.81. The van der Waals surface area contributed by atoms with E-state index in [1.165, 1.54) is 17.3 Å². The van der Waals surface area contributed by atoms with Crippen molar-refractivity contribution in [3.8, 4) is 17.2 Å². The number of ether oxygens (including phenoxy) is 3. The van der Waals surface area contributed by atoms with Crippen LogP contribution in [0.25, 0.3) is 0 Å². The molecule has 1 aliphatic rings. The van der Waals surface area contributed by atoms with Gasteiger partial charge in [-0.15, -0.1) is 16.8 Å². The Kier molecular flexibility index (Phi) is 6.42. The Labute approximate surface area is 184 Å². The Bertz CT molecular complexity index is 1080. The van der Waals surface area contributed by atoms with E-state index >= 15 is 0 Å². The number of fused-ring (bicyclic) bond motifs is 1. The Morgan fingerprint density at radius 3 is 2.84 bits per heavy atom. The third-order valence-corrected chi connectivity index (χ3v) is 5.45. The number of hydrogen-bond acceptors (Lipinski definition) is 7. The van der Waals surface area contributed by atoms with Gasteiger partial charge in [0.25, 0.3) is 0 Å². The van der Waals surface area contributed by atoms with Crippen LogP contribution in [0.4, 0.5) is 5.69 Å². The smallest absolute Gasteiger partial charge is 0.234 e. The van der Waals surface area contributed by atoms with Crippen molar-refractivity contribution < 1.29 is 19.0 Å². The van der Waals surface area contributed by atoms with Gasteiger partial charge in [-0.2, -0.15) is 0 Å². The lowest BCUT2D eigenvalue weighted by Crippen LogP contribution is -2.15. The highest BCUT2D eigenvalue weighted by atomic mass is 32.2. The molecular formula is C22H22N4O4S. The second-order valence-electron chi connectivity index (χ2n) is 6.80. The van der Waals surface area contributed by atoms with Crippen LogP contribution in [-0.4, -0.2) is 33.2 Å². The molecule has 1 aliphatic heterocycles. The molecule has 2 heterocycles. The van der Waals surface area contributed by atoms with E-state index in [1.54, 1.807) is 24.3 Å². The predicted molar refractivity (Wildman–Crippen MR) is 118 cm³/mol. The average Bonchev–Trinajstić information content (AvgIpc) is 3.39. The molecule has 2 aromatic carbocycles. The van der Waals surface area contributed by atoms with E-state index in [1.807, 2.05) is 35.8 Å². The van der Waals surface area contributed by atoms with Gasteiger partial charge in [0, 0.05) is 18.3 Å². The lowest BCUT2D eigenvalue weighted by atomic mass is 10.2. The summed E-state index contributed by atoms with van der Waals surface area (Å²) < 4.78 is 18.3. The normalized spacial score (nSPS) is 11.9. The number of rotatable bonds is 9. The third kappa shape index (κ3) is 5.18. The number of carbonyl (C=O) groups is 1. The lowest BCUT2D eigenvalue weighted by Gasteiger charge is -2.09. The SMILES string of the molecule is C=CCn1c(COc2ccc(C)cc2)nnc1SCC(=O)Nc1ccc2c(c1)OCO2. The molecule has 0 saturated heterocycles. The summed E-state index contributed by atoms with van der Waals surface area (Å²) in [4.78, 5) is 12.4. The highest BCUT2D eigenvalue weighted by Gasteiger charge is 2.16. The number of allylic oxidation sites excluding steroid dienone is 1.